The van der Waals surface area contributed by atoms with Gasteiger partial charge in [-0.3, -0.25) is 4.79 Å². The van der Waals surface area contributed by atoms with E-state index in [1.165, 1.54) is 15.9 Å². The van der Waals surface area contributed by atoms with E-state index in [1.807, 2.05) is 0 Å². The molecular weight excluding hydrogens is 435 g/mol. The Morgan fingerprint density at radius 2 is 0.939 bits per heavy atom. The van der Waals surface area contributed by atoms with Gasteiger partial charge in [0, 0.05) is 0 Å². The fourth-order valence-electron chi connectivity index (χ4n) is 4.03. The summed E-state index contributed by atoms with van der Waals surface area (Å²) in [7, 11) is -2.26. The number of hydrogen-bond donors (Lipinski definition) is 1. The Labute approximate surface area is 196 Å². The van der Waals surface area contributed by atoms with Crippen molar-refractivity contribution in [1.82, 2.24) is 0 Å². The average Bonchev–Trinajstić information content (AvgIpc) is 2.86. The molecule has 0 bridgehead atoms. The standard InChI is InChI=1S/C27H33O5P/c28-27(29)16-17-30-18-19-31-20-21-32-22-23-33(24-10-4-1-5-11-24,25-12-6-2-7-13-25)26-14-8-3-9-15-26/h1-15,33H,16-23H2,(H,28,29). The summed E-state index contributed by atoms with van der Waals surface area (Å²) in [4.78, 5) is 10.5. The zero-order valence-corrected chi connectivity index (χ0v) is 19.9. The number of carboxylic acids is 1. The molecule has 0 aliphatic carbocycles. The fraction of sp³-hybridized carbons (Fsp3) is 0.296. The molecule has 3 aromatic carbocycles. The van der Waals surface area contributed by atoms with Crippen LogP contribution in [0.1, 0.15) is 6.42 Å². The molecule has 0 amide bonds. The molecule has 0 spiro atoms. The third kappa shape index (κ3) is 7.48. The molecular formula is C27H33O5P. The van der Waals surface area contributed by atoms with Gasteiger partial charge in [-0.1, -0.05) is 0 Å². The normalized spacial score (nSPS) is 11.9. The summed E-state index contributed by atoms with van der Waals surface area (Å²) < 4.78 is 16.8. The number of carboxylic acid groups (broad SMARTS) is 1. The van der Waals surface area contributed by atoms with Gasteiger partial charge in [0.05, 0.1) is 0 Å². The Balaban J connectivity index is 1.60. The van der Waals surface area contributed by atoms with Crippen LogP contribution in [0.25, 0.3) is 0 Å². The number of benzene rings is 3. The number of carbonyl (C=O) groups is 1. The maximum absolute atomic E-state index is 10.5. The minimum absolute atomic E-state index is 0.0129. The van der Waals surface area contributed by atoms with Crippen LogP contribution in [0, 0.1) is 0 Å². The van der Waals surface area contributed by atoms with Gasteiger partial charge in [0.25, 0.3) is 0 Å². The Hall–Kier alpha value is -2.56. The van der Waals surface area contributed by atoms with E-state index in [1.54, 1.807) is 0 Å². The molecule has 3 rings (SSSR count). The summed E-state index contributed by atoms with van der Waals surface area (Å²) >= 11 is 0. The summed E-state index contributed by atoms with van der Waals surface area (Å²) in [5, 5.41) is 12.7. The second kappa shape index (κ2) is 13.9. The van der Waals surface area contributed by atoms with Crippen molar-refractivity contribution >= 4 is 29.1 Å². The quantitative estimate of drug-likeness (QED) is 0.274. The first-order chi connectivity index (χ1) is 16.2. The van der Waals surface area contributed by atoms with Gasteiger partial charge >= 0.3 is 187 Å². The van der Waals surface area contributed by atoms with E-state index < -0.39 is 13.2 Å². The predicted octanol–water partition coefficient (Wildman–Crippen LogP) is 3.24. The molecule has 1 N–H and O–H groups in total. The van der Waals surface area contributed by atoms with E-state index in [9.17, 15) is 4.79 Å². The second-order valence-corrected chi connectivity index (χ2v) is 11.8. The molecule has 0 atom stereocenters. The summed E-state index contributed by atoms with van der Waals surface area (Å²) in [5.74, 6) is -0.856. The summed E-state index contributed by atoms with van der Waals surface area (Å²) in [6.45, 7) is 2.67. The van der Waals surface area contributed by atoms with Crippen molar-refractivity contribution in [2.24, 2.45) is 0 Å². The van der Waals surface area contributed by atoms with Gasteiger partial charge in [-0.05, 0) is 0 Å². The average molecular weight is 469 g/mol. The fourth-order valence-corrected chi connectivity index (χ4v) is 8.63. The van der Waals surface area contributed by atoms with Crippen molar-refractivity contribution in [3.8, 4) is 0 Å². The van der Waals surface area contributed by atoms with Crippen molar-refractivity contribution in [2.75, 3.05) is 45.8 Å². The van der Waals surface area contributed by atoms with Crippen LogP contribution in [0.4, 0.5) is 0 Å². The van der Waals surface area contributed by atoms with E-state index in [4.69, 9.17) is 19.3 Å². The van der Waals surface area contributed by atoms with E-state index in [0.29, 0.717) is 33.0 Å². The zero-order chi connectivity index (χ0) is 23.2. The van der Waals surface area contributed by atoms with Gasteiger partial charge in [0.2, 0.25) is 0 Å². The summed E-state index contributed by atoms with van der Waals surface area (Å²) in [6, 6.07) is 32.4. The number of rotatable bonds is 15. The Morgan fingerprint density at radius 3 is 1.33 bits per heavy atom. The monoisotopic (exact) mass is 468 g/mol. The molecule has 0 aliphatic heterocycles. The van der Waals surface area contributed by atoms with Gasteiger partial charge in [-0.25, -0.2) is 0 Å². The minimum atomic E-state index is -2.26. The van der Waals surface area contributed by atoms with E-state index >= 15 is 0 Å². The van der Waals surface area contributed by atoms with Gasteiger partial charge in [0.15, 0.2) is 0 Å². The first-order valence-electron chi connectivity index (χ1n) is 11.3. The van der Waals surface area contributed by atoms with Crippen LogP contribution >= 0.6 is 7.26 Å². The summed E-state index contributed by atoms with van der Waals surface area (Å²) in [6.07, 6.45) is 0.947. The molecule has 0 heterocycles. The van der Waals surface area contributed by atoms with Crippen molar-refractivity contribution < 1.29 is 24.1 Å². The van der Waals surface area contributed by atoms with Gasteiger partial charge in [-0.15, -0.1) is 0 Å². The molecule has 0 aromatic heterocycles. The Morgan fingerprint density at radius 1 is 0.576 bits per heavy atom. The Kier molecular flexibility index (Phi) is 10.5. The molecule has 0 saturated carbocycles. The molecule has 0 saturated heterocycles. The van der Waals surface area contributed by atoms with Crippen LogP contribution in [0.5, 0.6) is 0 Å². The first-order valence-corrected chi connectivity index (χ1v) is 13.6. The molecule has 0 aliphatic rings. The topological polar surface area (TPSA) is 65.0 Å². The van der Waals surface area contributed by atoms with Crippen molar-refractivity contribution in [1.29, 1.82) is 0 Å². The molecule has 6 heteroatoms. The van der Waals surface area contributed by atoms with Gasteiger partial charge in [-0.2, -0.15) is 0 Å². The zero-order valence-electron chi connectivity index (χ0n) is 18.9. The van der Waals surface area contributed by atoms with Gasteiger partial charge in [0.1, 0.15) is 0 Å². The molecule has 0 fully saturated rings. The molecule has 0 unspecified atom stereocenters. The molecule has 176 valence electrons. The van der Waals surface area contributed by atoms with Crippen LogP contribution in [-0.4, -0.2) is 56.9 Å². The van der Waals surface area contributed by atoms with Crippen LogP contribution < -0.4 is 15.9 Å². The van der Waals surface area contributed by atoms with Crippen molar-refractivity contribution in [2.45, 2.75) is 6.42 Å². The Bertz CT molecular complexity index is 838. The maximum atomic E-state index is 10.5. The molecule has 3 aromatic rings. The van der Waals surface area contributed by atoms with Gasteiger partial charge < -0.3 is 5.11 Å². The van der Waals surface area contributed by atoms with Crippen molar-refractivity contribution in [3.63, 3.8) is 0 Å². The van der Waals surface area contributed by atoms with Crippen molar-refractivity contribution in [3.05, 3.63) is 91.0 Å². The van der Waals surface area contributed by atoms with E-state index in [-0.39, 0.29) is 13.0 Å². The predicted molar refractivity (Wildman–Crippen MR) is 136 cm³/mol. The number of aliphatic carboxylic acids is 1. The van der Waals surface area contributed by atoms with Crippen LogP contribution in [0.15, 0.2) is 91.0 Å². The SMILES string of the molecule is O=C(O)CCOCCOCCOCC[PH](c1ccccc1)(c1ccccc1)c1ccccc1. The third-order valence-corrected chi connectivity index (χ3v) is 10.5. The molecule has 5 nitrogen and oxygen atoms in total. The molecule has 0 radical (unpaired) electrons. The summed E-state index contributed by atoms with van der Waals surface area (Å²) in [5.41, 5.74) is 0. The third-order valence-electron chi connectivity index (χ3n) is 5.63. The van der Waals surface area contributed by atoms with Crippen LogP contribution in [-0.2, 0) is 19.0 Å². The second-order valence-electron chi connectivity index (χ2n) is 7.73. The number of hydrogen-bond acceptors (Lipinski definition) is 4. The molecule has 33 heavy (non-hydrogen) atoms. The van der Waals surface area contributed by atoms with Crippen LogP contribution in [0.2, 0.25) is 0 Å². The van der Waals surface area contributed by atoms with Crippen LogP contribution in [0.3, 0.4) is 0 Å². The van der Waals surface area contributed by atoms with E-state index in [0.717, 1.165) is 6.16 Å². The number of ether oxygens (including phenoxy) is 3. The first kappa shape index (κ1) is 25.1. The van der Waals surface area contributed by atoms with E-state index in [2.05, 4.69) is 91.0 Å².